The first-order chi connectivity index (χ1) is 12.6. The van der Waals surface area contributed by atoms with E-state index in [0.29, 0.717) is 11.4 Å². The van der Waals surface area contributed by atoms with E-state index in [4.69, 9.17) is 5.11 Å². The zero-order valence-electron chi connectivity index (χ0n) is 13.9. The number of rotatable bonds is 6. The first kappa shape index (κ1) is 17.2. The molecule has 0 atom stereocenters. The summed E-state index contributed by atoms with van der Waals surface area (Å²) in [6, 6.07) is 19.6. The Balaban J connectivity index is 1.69. The second kappa shape index (κ2) is 7.94. The molecule has 1 aromatic heterocycles. The van der Waals surface area contributed by atoms with Crippen LogP contribution in [-0.2, 0) is 11.2 Å². The van der Waals surface area contributed by atoms with Crippen LogP contribution < -0.4 is 5.43 Å². The van der Waals surface area contributed by atoms with Crippen molar-refractivity contribution in [2.24, 2.45) is 5.10 Å². The SMILES string of the molecule is O=C(Cc1ccccc1)N/N=C\c1cccn1-c1cccc(C(=O)O)c1. The van der Waals surface area contributed by atoms with E-state index in [1.807, 2.05) is 42.5 Å². The van der Waals surface area contributed by atoms with Crippen molar-refractivity contribution in [2.45, 2.75) is 6.42 Å². The summed E-state index contributed by atoms with van der Waals surface area (Å²) in [6.45, 7) is 0. The van der Waals surface area contributed by atoms with Crippen molar-refractivity contribution in [1.29, 1.82) is 0 Å². The van der Waals surface area contributed by atoms with Crippen LogP contribution in [0.15, 0.2) is 78.0 Å². The van der Waals surface area contributed by atoms with Crippen molar-refractivity contribution < 1.29 is 14.7 Å². The Morgan fingerprint density at radius 2 is 1.85 bits per heavy atom. The Labute approximate surface area is 150 Å². The van der Waals surface area contributed by atoms with E-state index in [-0.39, 0.29) is 17.9 Å². The first-order valence-electron chi connectivity index (χ1n) is 8.00. The molecular weight excluding hydrogens is 330 g/mol. The molecule has 0 aliphatic carbocycles. The van der Waals surface area contributed by atoms with Crippen molar-refractivity contribution in [3.8, 4) is 5.69 Å². The number of benzene rings is 2. The molecule has 6 nitrogen and oxygen atoms in total. The molecular formula is C20H17N3O3. The molecule has 0 unspecified atom stereocenters. The fraction of sp³-hybridized carbons (Fsp3) is 0.0500. The number of amides is 1. The summed E-state index contributed by atoms with van der Waals surface area (Å²) in [5.41, 5.74) is 5.03. The topological polar surface area (TPSA) is 83.7 Å². The highest BCUT2D eigenvalue weighted by Gasteiger charge is 2.06. The van der Waals surface area contributed by atoms with Crippen LogP contribution in [0.2, 0.25) is 0 Å². The van der Waals surface area contributed by atoms with Crippen LogP contribution in [0.25, 0.3) is 5.69 Å². The van der Waals surface area contributed by atoms with Gasteiger partial charge in [-0.3, -0.25) is 4.79 Å². The Morgan fingerprint density at radius 1 is 1.04 bits per heavy atom. The van der Waals surface area contributed by atoms with Gasteiger partial charge in [0.1, 0.15) is 0 Å². The van der Waals surface area contributed by atoms with Gasteiger partial charge in [0, 0.05) is 11.9 Å². The summed E-state index contributed by atoms with van der Waals surface area (Å²) in [6.07, 6.45) is 3.57. The first-order valence-corrected chi connectivity index (χ1v) is 8.00. The fourth-order valence-corrected chi connectivity index (χ4v) is 2.51. The lowest BCUT2D eigenvalue weighted by atomic mass is 10.1. The van der Waals surface area contributed by atoms with Crippen LogP contribution in [0, 0.1) is 0 Å². The molecule has 0 fully saturated rings. The van der Waals surface area contributed by atoms with E-state index in [9.17, 15) is 9.59 Å². The van der Waals surface area contributed by atoms with Crippen LogP contribution in [0.1, 0.15) is 21.6 Å². The van der Waals surface area contributed by atoms with Crippen LogP contribution >= 0.6 is 0 Å². The largest absolute Gasteiger partial charge is 0.478 e. The molecule has 0 aliphatic heterocycles. The summed E-state index contributed by atoms with van der Waals surface area (Å²) in [5.74, 6) is -1.19. The van der Waals surface area contributed by atoms with Crippen LogP contribution in [0.3, 0.4) is 0 Å². The van der Waals surface area contributed by atoms with E-state index in [1.165, 1.54) is 12.3 Å². The second-order valence-corrected chi connectivity index (χ2v) is 5.61. The molecule has 6 heteroatoms. The minimum Gasteiger partial charge on any atom is -0.478 e. The standard InChI is InChI=1S/C20H17N3O3/c24-19(12-15-6-2-1-3-7-15)22-21-14-18-10-5-11-23(18)17-9-4-8-16(13-17)20(25)26/h1-11,13-14H,12H2,(H,22,24)(H,25,26)/b21-14-. The monoisotopic (exact) mass is 347 g/mol. The molecule has 0 radical (unpaired) electrons. The Hall–Kier alpha value is -3.67. The third kappa shape index (κ3) is 4.24. The quantitative estimate of drug-likeness (QED) is 0.531. The highest BCUT2D eigenvalue weighted by molar-refractivity contribution is 5.88. The number of aromatic nitrogens is 1. The Kier molecular flexibility index (Phi) is 5.24. The van der Waals surface area contributed by atoms with Crippen molar-refractivity contribution in [1.82, 2.24) is 9.99 Å². The molecule has 0 saturated heterocycles. The van der Waals surface area contributed by atoms with E-state index >= 15 is 0 Å². The highest BCUT2D eigenvalue weighted by atomic mass is 16.4. The van der Waals surface area contributed by atoms with Gasteiger partial charge in [0.2, 0.25) is 5.91 Å². The second-order valence-electron chi connectivity index (χ2n) is 5.61. The van der Waals surface area contributed by atoms with Gasteiger partial charge < -0.3 is 9.67 Å². The number of carboxylic acids is 1. The van der Waals surface area contributed by atoms with Gasteiger partial charge in [-0.2, -0.15) is 5.10 Å². The summed E-state index contributed by atoms with van der Waals surface area (Å²) in [4.78, 5) is 23.0. The molecule has 0 spiro atoms. The summed E-state index contributed by atoms with van der Waals surface area (Å²) in [5, 5.41) is 13.1. The minimum absolute atomic E-state index is 0.204. The molecule has 3 rings (SSSR count). The molecule has 0 bridgehead atoms. The molecule has 3 aromatic rings. The smallest absolute Gasteiger partial charge is 0.335 e. The van der Waals surface area contributed by atoms with Crippen LogP contribution in [-0.4, -0.2) is 27.8 Å². The van der Waals surface area contributed by atoms with Crippen molar-refractivity contribution in [3.05, 3.63) is 89.7 Å². The van der Waals surface area contributed by atoms with Crippen LogP contribution in [0.4, 0.5) is 0 Å². The van der Waals surface area contributed by atoms with E-state index < -0.39 is 5.97 Å². The van der Waals surface area contributed by atoms with Crippen LogP contribution in [0.5, 0.6) is 0 Å². The van der Waals surface area contributed by atoms with E-state index in [0.717, 1.165) is 5.56 Å². The molecule has 2 N–H and O–H groups in total. The lowest BCUT2D eigenvalue weighted by Gasteiger charge is -2.07. The van der Waals surface area contributed by atoms with Gasteiger partial charge in [0.25, 0.3) is 0 Å². The zero-order chi connectivity index (χ0) is 18.4. The van der Waals surface area contributed by atoms with Gasteiger partial charge in [-0.05, 0) is 35.9 Å². The van der Waals surface area contributed by atoms with E-state index in [1.54, 1.807) is 29.0 Å². The number of carboxylic acid groups (broad SMARTS) is 1. The predicted molar refractivity (Wildman–Crippen MR) is 98.6 cm³/mol. The number of aromatic carboxylic acids is 1. The number of nitrogens with zero attached hydrogens (tertiary/aromatic N) is 2. The fourth-order valence-electron chi connectivity index (χ4n) is 2.51. The normalized spacial score (nSPS) is 10.8. The van der Waals surface area contributed by atoms with Gasteiger partial charge in [-0.1, -0.05) is 36.4 Å². The maximum atomic E-state index is 11.9. The Bertz CT molecular complexity index is 946. The molecule has 130 valence electrons. The van der Waals surface area contributed by atoms with Gasteiger partial charge in [0.05, 0.1) is 23.9 Å². The maximum Gasteiger partial charge on any atom is 0.335 e. The summed E-state index contributed by atoms with van der Waals surface area (Å²) < 4.78 is 1.79. The molecule has 1 amide bonds. The number of carbonyl (C=O) groups is 2. The van der Waals surface area contributed by atoms with Gasteiger partial charge >= 0.3 is 5.97 Å². The zero-order valence-corrected chi connectivity index (χ0v) is 13.9. The van der Waals surface area contributed by atoms with Crippen molar-refractivity contribution in [2.75, 3.05) is 0 Å². The third-order valence-electron chi connectivity index (χ3n) is 3.75. The molecule has 26 heavy (non-hydrogen) atoms. The van der Waals surface area contributed by atoms with E-state index in [2.05, 4.69) is 10.5 Å². The number of hydrogen-bond donors (Lipinski definition) is 2. The molecule has 0 saturated carbocycles. The number of nitrogens with one attached hydrogen (secondary N) is 1. The lowest BCUT2D eigenvalue weighted by molar-refractivity contribution is -0.120. The number of hydrogen-bond acceptors (Lipinski definition) is 3. The third-order valence-corrected chi connectivity index (χ3v) is 3.75. The number of hydrazone groups is 1. The maximum absolute atomic E-state index is 11.9. The van der Waals surface area contributed by atoms with Gasteiger partial charge in [-0.15, -0.1) is 0 Å². The predicted octanol–water partition coefficient (Wildman–Crippen LogP) is 2.87. The van der Waals surface area contributed by atoms with Gasteiger partial charge in [0.15, 0.2) is 0 Å². The number of carbonyl (C=O) groups excluding carboxylic acids is 1. The summed E-state index contributed by atoms with van der Waals surface area (Å²) in [7, 11) is 0. The Morgan fingerprint density at radius 3 is 2.62 bits per heavy atom. The molecule has 1 heterocycles. The van der Waals surface area contributed by atoms with Crippen molar-refractivity contribution in [3.63, 3.8) is 0 Å². The van der Waals surface area contributed by atoms with Gasteiger partial charge in [-0.25, -0.2) is 10.2 Å². The lowest BCUT2D eigenvalue weighted by Crippen LogP contribution is -2.19. The molecule has 0 aliphatic rings. The average molecular weight is 347 g/mol. The summed E-state index contributed by atoms with van der Waals surface area (Å²) >= 11 is 0. The average Bonchev–Trinajstić information content (AvgIpc) is 3.11. The minimum atomic E-state index is -0.984. The van der Waals surface area contributed by atoms with Crippen molar-refractivity contribution >= 4 is 18.1 Å². The highest BCUT2D eigenvalue weighted by Crippen LogP contribution is 2.13. The molecule has 2 aromatic carbocycles.